The zero-order valence-electron chi connectivity index (χ0n) is 41.2. The summed E-state index contributed by atoms with van der Waals surface area (Å²) in [5, 5.41) is 0. The number of allylic oxidation sites excluding steroid dienone is 2. The second-order valence-electron chi connectivity index (χ2n) is 18.5. The highest BCUT2D eigenvalue weighted by Crippen LogP contribution is 2.17. The number of carbonyl (C=O) groups is 3. The van der Waals surface area contributed by atoms with Crippen LogP contribution in [0.25, 0.3) is 0 Å². The molecule has 0 spiro atoms. The molecular weight excluding hydrogens is 757 g/mol. The van der Waals surface area contributed by atoms with E-state index in [9.17, 15) is 14.4 Å². The summed E-state index contributed by atoms with van der Waals surface area (Å²) in [6.45, 7) is 6.67. The number of hydrogen-bond acceptors (Lipinski definition) is 6. The van der Waals surface area contributed by atoms with Crippen LogP contribution < -0.4 is 0 Å². The molecule has 0 heterocycles. The lowest BCUT2D eigenvalue weighted by Crippen LogP contribution is -2.30. The molecule has 0 aromatic heterocycles. The Morgan fingerprint density at radius 3 is 0.836 bits per heavy atom. The Morgan fingerprint density at radius 2 is 0.541 bits per heavy atom. The Labute approximate surface area is 380 Å². The number of ether oxygens (including phenoxy) is 3. The Morgan fingerprint density at radius 1 is 0.311 bits per heavy atom. The first-order valence-electron chi connectivity index (χ1n) is 27.2. The van der Waals surface area contributed by atoms with Crippen molar-refractivity contribution in [2.45, 2.75) is 309 Å². The summed E-state index contributed by atoms with van der Waals surface area (Å²) in [6, 6.07) is 0. The van der Waals surface area contributed by atoms with E-state index in [2.05, 4.69) is 32.9 Å². The van der Waals surface area contributed by atoms with Crippen LogP contribution in [-0.4, -0.2) is 37.2 Å². The quantitative estimate of drug-likeness (QED) is 0.0262. The molecule has 0 aliphatic carbocycles. The van der Waals surface area contributed by atoms with Crippen LogP contribution in [-0.2, 0) is 28.6 Å². The van der Waals surface area contributed by atoms with Gasteiger partial charge in [0, 0.05) is 19.3 Å². The second-order valence-corrected chi connectivity index (χ2v) is 18.5. The molecular formula is C55H104O6. The van der Waals surface area contributed by atoms with Gasteiger partial charge in [-0.05, 0) is 44.9 Å². The summed E-state index contributed by atoms with van der Waals surface area (Å²) in [7, 11) is 0. The minimum atomic E-state index is -0.765. The van der Waals surface area contributed by atoms with E-state index in [0.717, 1.165) is 57.8 Å². The first kappa shape index (κ1) is 59.1. The third kappa shape index (κ3) is 49.0. The maximum atomic E-state index is 12.8. The Hall–Kier alpha value is -1.85. The number of hydrogen-bond donors (Lipinski definition) is 0. The van der Waals surface area contributed by atoms with Crippen molar-refractivity contribution in [3.63, 3.8) is 0 Å². The molecule has 0 bridgehead atoms. The minimum Gasteiger partial charge on any atom is -0.462 e. The van der Waals surface area contributed by atoms with Crippen LogP contribution in [0.15, 0.2) is 12.2 Å². The van der Waals surface area contributed by atoms with Gasteiger partial charge in [0.05, 0.1) is 0 Å². The molecule has 0 aromatic carbocycles. The maximum absolute atomic E-state index is 12.8. The van der Waals surface area contributed by atoms with Crippen molar-refractivity contribution in [1.29, 1.82) is 0 Å². The molecule has 0 fully saturated rings. The monoisotopic (exact) mass is 861 g/mol. The van der Waals surface area contributed by atoms with E-state index in [1.54, 1.807) is 0 Å². The van der Waals surface area contributed by atoms with E-state index in [1.165, 1.54) is 205 Å². The van der Waals surface area contributed by atoms with Gasteiger partial charge in [-0.2, -0.15) is 0 Å². The number of carbonyl (C=O) groups excluding carboxylic acids is 3. The zero-order valence-corrected chi connectivity index (χ0v) is 41.2. The predicted octanol–water partition coefficient (Wildman–Crippen LogP) is 17.8. The SMILES string of the molecule is CCCCCC/C=C\CCCCCCCCCC(=O)OCC(COC(=O)CCCCCCCCCCCCCCCC)OC(=O)CCCCCCCCCCCCCCCC. The molecule has 0 aliphatic heterocycles. The third-order valence-corrected chi connectivity index (χ3v) is 12.3. The summed E-state index contributed by atoms with van der Waals surface area (Å²) in [5.74, 6) is -0.850. The Bertz CT molecular complexity index is 947. The second kappa shape index (κ2) is 50.8. The largest absolute Gasteiger partial charge is 0.462 e. The molecule has 61 heavy (non-hydrogen) atoms. The first-order chi connectivity index (χ1) is 30.0. The summed E-state index contributed by atoms with van der Waals surface area (Å²) in [4.78, 5) is 38.0. The van der Waals surface area contributed by atoms with Crippen molar-refractivity contribution in [2.24, 2.45) is 0 Å². The van der Waals surface area contributed by atoms with Crippen LogP contribution in [0.5, 0.6) is 0 Å². The lowest BCUT2D eigenvalue weighted by Gasteiger charge is -2.18. The highest BCUT2D eigenvalue weighted by Gasteiger charge is 2.19. The molecule has 0 amide bonds. The van der Waals surface area contributed by atoms with Crippen molar-refractivity contribution in [1.82, 2.24) is 0 Å². The van der Waals surface area contributed by atoms with Crippen LogP contribution in [0.1, 0.15) is 303 Å². The molecule has 6 heteroatoms. The van der Waals surface area contributed by atoms with E-state index in [-0.39, 0.29) is 31.1 Å². The van der Waals surface area contributed by atoms with Gasteiger partial charge in [0.25, 0.3) is 0 Å². The van der Waals surface area contributed by atoms with Gasteiger partial charge in [0.15, 0.2) is 6.10 Å². The first-order valence-corrected chi connectivity index (χ1v) is 27.2. The van der Waals surface area contributed by atoms with Gasteiger partial charge in [-0.15, -0.1) is 0 Å². The molecule has 0 N–H and O–H groups in total. The van der Waals surface area contributed by atoms with Crippen molar-refractivity contribution >= 4 is 17.9 Å². The molecule has 1 atom stereocenters. The van der Waals surface area contributed by atoms with E-state index in [1.807, 2.05) is 0 Å². The van der Waals surface area contributed by atoms with Crippen molar-refractivity contribution in [3.05, 3.63) is 12.2 Å². The molecule has 0 radical (unpaired) electrons. The van der Waals surface area contributed by atoms with Gasteiger partial charge in [0.2, 0.25) is 0 Å². The normalized spacial score (nSPS) is 12.0. The fraction of sp³-hybridized carbons (Fsp3) is 0.909. The van der Waals surface area contributed by atoms with Crippen molar-refractivity contribution in [3.8, 4) is 0 Å². The van der Waals surface area contributed by atoms with Crippen LogP contribution in [0.4, 0.5) is 0 Å². The average molecular weight is 861 g/mol. The Kier molecular flexibility index (Phi) is 49.3. The van der Waals surface area contributed by atoms with Gasteiger partial charge < -0.3 is 14.2 Å². The lowest BCUT2D eigenvalue weighted by molar-refractivity contribution is -0.167. The van der Waals surface area contributed by atoms with Gasteiger partial charge in [-0.25, -0.2) is 0 Å². The zero-order chi connectivity index (χ0) is 44.4. The highest BCUT2D eigenvalue weighted by atomic mass is 16.6. The molecule has 0 aliphatic rings. The van der Waals surface area contributed by atoms with E-state index >= 15 is 0 Å². The average Bonchev–Trinajstić information content (AvgIpc) is 3.26. The van der Waals surface area contributed by atoms with E-state index < -0.39 is 6.10 Å². The van der Waals surface area contributed by atoms with Gasteiger partial charge in [0.1, 0.15) is 13.2 Å². The molecule has 0 rings (SSSR count). The molecule has 0 saturated carbocycles. The number of esters is 3. The standard InChI is InChI=1S/C55H104O6/c1-4-7-10-13-16-19-22-25-28-31-33-36-39-42-45-48-54(57)60-51-52(61-55(58)49-46-43-40-37-34-30-27-24-21-18-15-12-9-6-3)50-59-53(56)47-44-41-38-35-32-29-26-23-20-17-14-11-8-5-2/h19,22,52H,4-18,20-21,23-51H2,1-3H3/b22-19-. The Balaban J connectivity index is 4.32. The van der Waals surface area contributed by atoms with Crippen LogP contribution in [0.2, 0.25) is 0 Å². The molecule has 6 nitrogen and oxygen atoms in total. The third-order valence-electron chi connectivity index (χ3n) is 12.3. The van der Waals surface area contributed by atoms with Crippen molar-refractivity contribution in [2.75, 3.05) is 13.2 Å². The molecule has 1 unspecified atom stereocenters. The summed E-state index contributed by atoms with van der Waals surface area (Å²) >= 11 is 0. The maximum Gasteiger partial charge on any atom is 0.306 e. The summed E-state index contributed by atoms with van der Waals surface area (Å²) < 4.78 is 16.8. The van der Waals surface area contributed by atoms with Crippen LogP contribution in [0.3, 0.4) is 0 Å². The van der Waals surface area contributed by atoms with Gasteiger partial charge in [-0.1, -0.05) is 251 Å². The highest BCUT2D eigenvalue weighted by molar-refractivity contribution is 5.71. The molecule has 0 saturated heterocycles. The molecule has 360 valence electrons. The molecule has 0 aromatic rings. The predicted molar refractivity (Wildman–Crippen MR) is 261 cm³/mol. The van der Waals surface area contributed by atoms with Gasteiger partial charge >= 0.3 is 17.9 Å². The van der Waals surface area contributed by atoms with Crippen LogP contribution in [0, 0.1) is 0 Å². The van der Waals surface area contributed by atoms with Gasteiger partial charge in [-0.3, -0.25) is 14.4 Å². The topological polar surface area (TPSA) is 78.9 Å². The van der Waals surface area contributed by atoms with E-state index in [0.29, 0.717) is 19.3 Å². The fourth-order valence-electron chi connectivity index (χ4n) is 8.14. The lowest BCUT2D eigenvalue weighted by atomic mass is 10.0. The smallest absolute Gasteiger partial charge is 0.306 e. The van der Waals surface area contributed by atoms with Crippen LogP contribution >= 0.6 is 0 Å². The number of unbranched alkanes of at least 4 members (excludes halogenated alkanes) is 37. The number of rotatable bonds is 50. The summed E-state index contributed by atoms with van der Waals surface area (Å²) in [5.41, 5.74) is 0. The fourth-order valence-corrected chi connectivity index (χ4v) is 8.14. The van der Waals surface area contributed by atoms with E-state index in [4.69, 9.17) is 14.2 Å². The summed E-state index contributed by atoms with van der Waals surface area (Å²) in [6.07, 6.45) is 56.2. The minimum absolute atomic E-state index is 0.0655. The van der Waals surface area contributed by atoms with Crippen molar-refractivity contribution < 1.29 is 28.6 Å².